The van der Waals surface area contributed by atoms with Crippen molar-refractivity contribution in [2.75, 3.05) is 0 Å². The van der Waals surface area contributed by atoms with Gasteiger partial charge < -0.3 is 10.8 Å². The van der Waals surface area contributed by atoms with Gasteiger partial charge in [-0.2, -0.15) is 0 Å². The van der Waals surface area contributed by atoms with Gasteiger partial charge in [0.1, 0.15) is 0 Å². The van der Waals surface area contributed by atoms with Gasteiger partial charge in [0.15, 0.2) is 5.78 Å². The zero-order valence-corrected chi connectivity index (χ0v) is 6.01. The molecule has 0 saturated carbocycles. The van der Waals surface area contributed by atoms with Crippen LogP contribution in [-0.2, 0) is 4.79 Å². The highest BCUT2D eigenvalue weighted by Gasteiger charge is 2.29. The van der Waals surface area contributed by atoms with Gasteiger partial charge in [0.2, 0.25) is 0 Å². The van der Waals surface area contributed by atoms with Crippen LogP contribution in [0.2, 0.25) is 0 Å². The van der Waals surface area contributed by atoms with Gasteiger partial charge in [0.25, 0.3) is 0 Å². The van der Waals surface area contributed by atoms with Crippen molar-refractivity contribution in [1.29, 1.82) is 0 Å². The molecule has 9 heavy (non-hydrogen) atoms. The minimum Gasteiger partial charge on any atom is -0.391 e. The summed E-state index contributed by atoms with van der Waals surface area (Å²) in [6.07, 6.45) is -0.782. The lowest BCUT2D eigenvalue weighted by molar-refractivity contribution is -0.124. The zero-order valence-electron chi connectivity index (χ0n) is 6.01. The summed E-state index contributed by atoms with van der Waals surface area (Å²) in [5, 5.41) is 8.90. The summed E-state index contributed by atoms with van der Waals surface area (Å²) in [7, 11) is 0. The predicted molar refractivity (Wildman–Crippen MR) is 35.0 cm³/mol. The molecule has 3 nitrogen and oxygen atoms in total. The van der Waals surface area contributed by atoms with Crippen LogP contribution in [0.5, 0.6) is 0 Å². The maximum atomic E-state index is 10.6. The smallest absolute Gasteiger partial charge is 0.151 e. The highest BCUT2D eigenvalue weighted by Crippen LogP contribution is 2.05. The molecule has 0 aromatic carbocycles. The summed E-state index contributed by atoms with van der Waals surface area (Å²) >= 11 is 0. The van der Waals surface area contributed by atoms with E-state index in [-0.39, 0.29) is 5.78 Å². The average Bonchev–Trinajstić information content (AvgIpc) is 1.65. The molecule has 0 heterocycles. The van der Waals surface area contributed by atoms with Crippen LogP contribution >= 0.6 is 0 Å². The molecule has 0 spiro atoms. The fourth-order valence-corrected chi connectivity index (χ4v) is 0.294. The Hall–Kier alpha value is -0.410. The SMILES string of the molecule is CC(=O)C(C)(N)C(C)O. The molecule has 0 aromatic heterocycles. The number of rotatable bonds is 2. The lowest BCUT2D eigenvalue weighted by Crippen LogP contribution is -2.52. The second-order valence-corrected chi connectivity index (χ2v) is 2.51. The van der Waals surface area contributed by atoms with E-state index < -0.39 is 11.6 Å². The van der Waals surface area contributed by atoms with Gasteiger partial charge in [-0.25, -0.2) is 0 Å². The Morgan fingerprint density at radius 1 is 1.78 bits per heavy atom. The average molecular weight is 131 g/mol. The molecule has 0 fully saturated rings. The molecule has 0 aliphatic carbocycles. The van der Waals surface area contributed by atoms with Crippen LogP contribution in [-0.4, -0.2) is 22.5 Å². The fraction of sp³-hybridized carbons (Fsp3) is 0.833. The van der Waals surface area contributed by atoms with Crippen molar-refractivity contribution < 1.29 is 9.90 Å². The third-order valence-corrected chi connectivity index (χ3v) is 1.63. The Kier molecular flexibility index (Phi) is 2.34. The molecule has 0 rings (SSSR count). The fourth-order valence-electron chi connectivity index (χ4n) is 0.294. The lowest BCUT2D eigenvalue weighted by atomic mass is 9.93. The van der Waals surface area contributed by atoms with Crippen LogP contribution in [0.25, 0.3) is 0 Å². The topological polar surface area (TPSA) is 63.3 Å². The van der Waals surface area contributed by atoms with Crippen molar-refractivity contribution in [1.82, 2.24) is 0 Å². The normalized spacial score (nSPS) is 20.6. The largest absolute Gasteiger partial charge is 0.391 e. The summed E-state index contributed by atoms with van der Waals surface area (Å²) in [5.41, 5.74) is 4.32. The van der Waals surface area contributed by atoms with E-state index in [1.807, 2.05) is 0 Å². The van der Waals surface area contributed by atoms with Gasteiger partial charge >= 0.3 is 0 Å². The number of hydrogen-bond donors (Lipinski definition) is 2. The van der Waals surface area contributed by atoms with Crippen molar-refractivity contribution >= 4 is 5.78 Å². The van der Waals surface area contributed by atoms with Crippen LogP contribution in [0.4, 0.5) is 0 Å². The van der Waals surface area contributed by atoms with Crippen LogP contribution in [0.15, 0.2) is 0 Å². The van der Waals surface area contributed by atoms with Crippen molar-refractivity contribution in [3.63, 3.8) is 0 Å². The minimum atomic E-state index is -1.08. The van der Waals surface area contributed by atoms with Gasteiger partial charge in [-0.1, -0.05) is 0 Å². The first-order valence-corrected chi connectivity index (χ1v) is 2.87. The summed E-state index contributed by atoms with van der Waals surface area (Å²) in [6.45, 7) is 4.38. The van der Waals surface area contributed by atoms with Crippen molar-refractivity contribution in [3.05, 3.63) is 0 Å². The molecule has 0 amide bonds. The molecule has 3 heteroatoms. The number of hydrogen-bond acceptors (Lipinski definition) is 3. The van der Waals surface area contributed by atoms with Crippen LogP contribution < -0.4 is 5.73 Å². The van der Waals surface area contributed by atoms with Gasteiger partial charge in [-0.15, -0.1) is 0 Å². The van der Waals surface area contributed by atoms with Gasteiger partial charge in [0.05, 0.1) is 11.6 Å². The third kappa shape index (κ3) is 1.77. The minimum absolute atomic E-state index is 0.197. The molecule has 0 bridgehead atoms. The number of carbonyl (C=O) groups is 1. The summed E-state index contributed by atoms with van der Waals surface area (Å²) < 4.78 is 0. The number of Topliss-reactive ketones (excluding diaryl/α,β-unsaturated/α-hetero) is 1. The molecule has 54 valence electrons. The molecule has 3 N–H and O–H groups in total. The summed E-state index contributed by atoms with van der Waals surface area (Å²) in [5.74, 6) is -0.197. The van der Waals surface area contributed by atoms with E-state index in [9.17, 15) is 4.79 Å². The molecule has 2 unspecified atom stereocenters. The van der Waals surface area contributed by atoms with Crippen molar-refractivity contribution in [2.45, 2.75) is 32.4 Å². The van der Waals surface area contributed by atoms with Crippen molar-refractivity contribution in [2.24, 2.45) is 5.73 Å². The number of carbonyl (C=O) groups excluding carboxylic acids is 1. The molecule has 0 aliphatic heterocycles. The number of aliphatic hydroxyl groups excluding tert-OH is 1. The lowest BCUT2D eigenvalue weighted by Gasteiger charge is -2.23. The summed E-state index contributed by atoms with van der Waals surface area (Å²) in [6, 6.07) is 0. The van der Waals surface area contributed by atoms with Gasteiger partial charge in [0, 0.05) is 0 Å². The monoisotopic (exact) mass is 131 g/mol. The first-order valence-electron chi connectivity index (χ1n) is 2.87. The van der Waals surface area contributed by atoms with E-state index in [1.165, 1.54) is 20.8 Å². The quantitative estimate of drug-likeness (QED) is 0.539. The molecule has 0 aromatic rings. The Morgan fingerprint density at radius 3 is 2.11 bits per heavy atom. The van der Waals surface area contributed by atoms with Gasteiger partial charge in [-0.3, -0.25) is 4.79 Å². The first kappa shape index (κ1) is 8.59. The Labute approximate surface area is 54.9 Å². The van der Waals surface area contributed by atoms with Crippen LogP contribution in [0, 0.1) is 0 Å². The second kappa shape index (κ2) is 2.45. The highest BCUT2D eigenvalue weighted by atomic mass is 16.3. The standard InChI is InChI=1S/C6H13NO2/c1-4(8)6(3,7)5(2)9/h4,8H,7H2,1-3H3. The molecular formula is C6H13NO2. The zero-order chi connectivity index (χ0) is 7.65. The molecular weight excluding hydrogens is 118 g/mol. The summed E-state index contributed by atoms with van der Waals surface area (Å²) in [4.78, 5) is 10.6. The van der Waals surface area contributed by atoms with Crippen LogP contribution in [0.1, 0.15) is 20.8 Å². The maximum absolute atomic E-state index is 10.6. The first-order chi connectivity index (χ1) is 3.89. The predicted octanol–water partition coefficient (Wildman–Crippen LogP) is -0.326. The molecule has 0 aliphatic rings. The number of ketones is 1. The Morgan fingerprint density at radius 2 is 2.11 bits per heavy atom. The van der Waals surface area contributed by atoms with E-state index in [4.69, 9.17) is 10.8 Å². The van der Waals surface area contributed by atoms with Crippen molar-refractivity contribution in [3.8, 4) is 0 Å². The molecule has 2 atom stereocenters. The second-order valence-electron chi connectivity index (χ2n) is 2.51. The number of aliphatic hydroxyl groups is 1. The van der Waals surface area contributed by atoms with E-state index in [2.05, 4.69) is 0 Å². The van der Waals surface area contributed by atoms with E-state index in [1.54, 1.807) is 0 Å². The van der Waals surface area contributed by atoms with Gasteiger partial charge in [-0.05, 0) is 20.8 Å². The highest BCUT2D eigenvalue weighted by molar-refractivity contribution is 5.85. The van der Waals surface area contributed by atoms with Crippen LogP contribution in [0.3, 0.4) is 0 Å². The Balaban J connectivity index is 4.19. The maximum Gasteiger partial charge on any atom is 0.151 e. The molecule has 0 radical (unpaired) electrons. The third-order valence-electron chi connectivity index (χ3n) is 1.63. The molecule has 0 saturated heterocycles. The van der Waals surface area contributed by atoms with E-state index in [0.717, 1.165) is 0 Å². The van der Waals surface area contributed by atoms with E-state index in [0.29, 0.717) is 0 Å². The Bertz CT molecular complexity index is 118. The number of nitrogens with two attached hydrogens (primary N) is 1. The van der Waals surface area contributed by atoms with E-state index >= 15 is 0 Å².